The molecule has 2 rings (SSSR count). The van der Waals surface area contributed by atoms with E-state index in [0.29, 0.717) is 22.0 Å². The van der Waals surface area contributed by atoms with Crippen molar-refractivity contribution in [2.75, 3.05) is 26.0 Å². The van der Waals surface area contributed by atoms with Crippen molar-refractivity contribution in [1.82, 2.24) is 4.90 Å². The van der Waals surface area contributed by atoms with Gasteiger partial charge < -0.3 is 15.0 Å². The van der Waals surface area contributed by atoms with E-state index in [4.69, 9.17) is 16.3 Å². The van der Waals surface area contributed by atoms with Gasteiger partial charge in [-0.25, -0.2) is 0 Å². The van der Waals surface area contributed by atoms with Gasteiger partial charge in [0.15, 0.2) is 5.78 Å². The molecule has 1 N–H and O–H groups in total. The highest BCUT2D eigenvalue weighted by Crippen LogP contribution is 2.15. The smallest absolute Gasteiger partial charge is 0.243 e. The Morgan fingerprint density at radius 2 is 1.63 bits per heavy atom. The highest BCUT2D eigenvalue weighted by Gasteiger charge is 2.15. The van der Waals surface area contributed by atoms with Gasteiger partial charge in [-0.2, -0.15) is 0 Å². The molecule has 0 heterocycles. The third-order valence-electron chi connectivity index (χ3n) is 3.91. The zero-order chi connectivity index (χ0) is 19.8. The molecule has 0 saturated carbocycles. The molecule has 2 amide bonds. The number of amides is 2. The van der Waals surface area contributed by atoms with Crippen molar-refractivity contribution in [3.05, 3.63) is 59.1 Å². The van der Waals surface area contributed by atoms with E-state index in [2.05, 4.69) is 5.32 Å². The van der Waals surface area contributed by atoms with Crippen LogP contribution in [0.4, 0.5) is 5.69 Å². The van der Waals surface area contributed by atoms with Crippen LogP contribution in [0, 0.1) is 0 Å². The normalized spacial score (nSPS) is 10.2. The van der Waals surface area contributed by atoms with Gasteiger partial charge in [0.25, 0.3) is 0 Å². The molecule has 2 aromatic rings. The third kappa shape index (κ3) is 6.42. The number of hydrogen-bond acceptors (Lipinski definition) is 4. The number of nitrogens with zero attached hydrogens (tertiary/aromatic N) is 1. The molecule has 0 radical (unpaired) electrons. The summed E-state index contributed by atoms with van der Waals surface area (Å²) in [5.41, 5.74) is 1.12. The molecule has 6 nitrogen and oxygen atoms in total. The minimum Gasteiger partial charge on any atom is -0.497 e. The summed E-state index contributed by atoms with van der Waals surface area (Å²) in [6.07, 6.45) is 0.110. The van der Waals surface area contributed by atoms with E-state index >= 15 is 0 Å². The molecule has 0 aromatic heterocycles. The van der Waals surface area contributed by atoms with Gasteiger partial charge in [0, 0.05) is 36.2 Å². The van der Waals surface area contributed by atoms with E-state index in [9.17, 15) is 14.4 Å². The number of carbonyl (C=O) groups excluding carboxylic acids is 3. The van der Waals surface area contributed by atoms with Crippen LogP contribution in [-0.4, -0.2) is 43.2 Å². The number of nitrogens with one attached hydrogen (secondary N) is 1. The Kier molecular flexibility index (Phi) is 7.37. The van der Waals surface area contributed by atoms with Crippen LogP contribution < -0.4 is 10.1 Å². The second kappa shape index (κ2) is 9.73. The zero-order valence-corrected chi connectivity index (χ0v) is 16.0. The molecule has 0 spiro atoms. The van der Waals surface area contributed by atoms with Gasteiger partial charge in [0.05, 0.1) is 13.7 Å². The second-order valence-corrected chi connectivity index (χ2v) is 6.39. The van der Waals surface area contributed by atoms with Crippen molar-refractivity contribution in [3.63, 3.8) is 0 Å². The standard InChI is InChI=1S/C20H21ClN2O4/c1-23(13-19(25)22-16-7-9-17(27-2)10-8-16)20(26)12-11-18(24)14-3-5-15(21)6-4-14/h3-10H,11-13H2,1-2H3,(H,22,25). The highest BCUT2D eigenvalue weighted by atomic mass is 35.5. The Morgan fingerprint density at radius 3 is 2.22 bits per heavy atom. The lowest BCUT2D eigenvalue weighted by Gasteiger charge is -2.16. The zero-order valence-electron chi connectivity index (χ0n) is 15.2. The van der Waals surface area contributed by atoms with Crippen LogP contribution in [-0.2, 0) is 9.59 Å². The first-order chi connectivity index (χ1) is 12.9. The number of benzene rings is 2. The molecule has 7 heteroatoms. The predicted molar refractivity (Wildman–Crippen MR) is 104 cm³/mol. The van der Waals surface area contributed by atoms with Crippen molar-refractivity contribution in [2.45, 2.75) is 12.8 Å². The first-order valence-corrected chi connectivity index (χ1v) is 8.73. The maximum atomic E-state index is 12.2. The minimum absolute atomic E-state index is 0.0355. The number of carbonyl (C=O) groups is 3. The van der Waals surface area contributed by atoms with Crippen molar-refractivity contribution >= 4 is 34.9 Å². The molecule has 0 bridgehead atoms. The van der Waals surface area contributed by atoms with Crippen molar-refractivity contribution in [1.29, 1.82) is 0 Å². The Bertz CT molecular complexity index is 804. The molecular weight excluding hydrogens is 368 g/mol. The number of anilines is 1. The number of halogens is 1. The van der Waals surface area contributed by atoms with E-state index in [1.165, 1.54) is 11.9 Å². The van der Waals surface area contributed by atoms with Crippen LogP contribution in [0.5, 0.6) is 5.75 Å². The predicted octanol–water partition coefficient (Wildman–Crippen LogP) is 3.41. The monoisotopic (exact) mass is 388 g/mol. The van der Waals surface area contributed by atoms with Gasteiger partial charge in [0.1, 0.15) is 5.75 Å². The molecule has 0 unspecified atom stereocenters. The third-order valence-corrected chi connectivity index (χ3v) is 4.16. The Morgan fingerprint density at radius 1 is 1.00 bits per heavy atom. The molecule has 0 aliphatic rings. The molecule has 142 valence electrons. The Balaban J connectivity index is 1.79. The lowest BCUT2D eigenvalue weighted by Crippen LogP contribution is -2.35. The Labute approximate surface area is 163 Å². The number of ketones is 1. The first kappa shape index (κ1) is 20.5. The van der Waals surface area contributed by atoms with Crippen LogP contribution in [0.2, 0.25) is 5.02 Å². The topological polar surface area (TPSA) is 75.7 Å². The van der Waals surface area contributed by atoms with Crippen LogP contribution >= 0.6 is 11.6 Å². The van der Waals surface area contributed by atoms with Gasteiger partial charge in [-0.1, -0.05) is 11.6 Å². The number of ether oxygens (including phenoxy) is 1. The Hall–Kier alpha value is -2.86. The molecular formula is C20H21ClN2O4. The number of likely N-dealkylation sites (N-methyl/N-ethyl adjacent to an activating group) is 1. The maximum Gasteiger partial charge on any atom is 0.243 e. The summed E-state index contributed by atoms with van der Waals surface area (Å²) >= 11 is 5.79. The fraction of sp³-hybridized carbons (Fsp3) is 0.250. The molecule has 0 aliphatic heterocycles. The molecule has 27 heavy (non-hydrogen) atoms. The number of hydrogen-bond donors (Lipinski definition) is 1. The molecule has 0 aliphatic carbocycles. The summed E-state index contributed by atoms with van der Waals surface area (Å²) in [5.74, 6) is -0.0519. The summed E-state index contributed by atoms with van der Waals surface area (Å²) in [6, 6.07) is 13.4. The van der Waals surface area contributed by atoms with E-state index in [1.807, 2.05) is 0 Å². The summed E-state index contributed by atoms with van der Waals surface area (Å²) in [4.78, 5) is 37.6. The molecule has 0 fully saturated rings. The van der Waals surface area contributed by atoms with E-state index in [0.717, 1.165) is 0 Å². The van der Waals surface area contributed by atoms with E-state index in [-0.39, 0.29) is 37.0 Å². The van der Waals surface area contributed by atoms with Gasteiger partial charge in [-0.15, -0.1) is 0 Å². The fourth-order valence-corrected chi connectivity index (χ4v) is 2.50. The second-order valence-electron chi connectivity index (χ2n) is 5.96. The van der Waals surface area contributed by atoms with Crippen LogP contribution in [0.1, 0.15) is 23.2 Å². The van der Waals surface area contributed by atoms with Crippen molar-refractivity contribution in [3.8, 4) is 5.75 Å². The summed E-state index contributed by atoms with van der Waals surface area (Å²) in [6.45, 7) is -0.0972. The fourth-order valence-electron chi connectivity index (χ4n) is 2.37. The van der Waals surface area contributed by atoms with Crippen molar-refractivity contribution < 1.29 is 19.1 Å². The first-order valence-electron chi connectivity index (χ1n) is 8.35. The average molecular weight is 389 g/mol. The van der Waals surface area contributed by atoms with Gasteiger partial charge in [0.2, 0.25) is 11.8 Å². The average Bonchev–Trinajstić information content (AvgIpc) is 2.66. The minimum atomic E-state index is -0.319. The number of rotatable bonds is 8. The van der Waals surface area contributed by atoms with Crippen LogP contribution in [0.15, 0.2) is 48.5 Å². The SMILES string of the molecule is COc1ccc(NC(=O)CN(C)C(=O)CCC(=O)c2ccc(Cl)cc2)cc1. The molecule has 0 atom stereocenters. The van der Waals surface area contributed by atoms with E-state index in [1.54, 1.807) is 55.6 Å². The maximum absolute atomic E-state index is 12.2. The highest BCUT2D eigenvalue weighted by molar-refractivity contribution is 6.30. The largest absolute Gasteiger partial charge is 0.497 e. The van der Waals surface area contributed by atoms with Gasteiger partial charge >= 0.3 is 0 Å². The van der Waals surface area contributed by atoms with Crippen molar-refractivity contribution in [2.24, 2.45) is 0 Å². The molecule has 2 aromatic carbocycles. The van der Waals surface area contributed by atoms with Gasteiger partial charge in [-0.05, 0) is 48.5 Å². The van der Waals surface area contributed by atoms with Gasteiger partial charge in [-0.3, -0.25) is 14.4 Å². The molecule has 0 saturated heterocycles. The van der Waals surface area contributed by atoms with Crippen LogP contribution in [0.25, 0.3) is 0 Å². The number of Topliss-reactive ketones (excluding diaryl/α,β-unsaturated/α-hetero) is 1. The number of methoxy groups -OCH3 is 1. The van der Waals surface area contributed by atoms with E-state index < -0.39 is 0 Å². The summed E-state index contributed by atoms with van der Waals surface area (Å²) < 4.78 is 5.05. The summed E-state index contributed by atoms with van der Waals surface area (Å²) in [7, 11) is 3.09. The lowest BCUT2D eigenvalue weighted by molar-refractivity contribution is -0.133. The quantitative estimate of drug-likeness (QED) is 0.703. The van der Waals surface area contributed by atoms with Crippen LogP contribution in [0.3, 0.4) is 0 Å². The lowest BCUT2D eigenvalue weighted by atomic mass is 10.1. The summed E-state index contributed by atoms with van der Waals surface area (Å²) in [5, 5.41) is 3.25.